The molecule has 0 fully saturated rings. The summed E-state index contributed by atoms with van der Waals surface area (Å²) in [6.07, 6.45) is 0. The molecule has 1 aromatic carbocycles. The molecule has 0 aliphatic heterocycles. The van der Waals surface area contributed by atoms with Crippen LogP contribution in [0.2, 0.25) is 0 Å². The van der Waals surface area contributed by atoms with Crippen LogP contribution in [0.5, 0.6) is 0 Å². The van der Waals surface area contributed by atoms with E-state index in [1.165, 1.54) is 0 Å². The lowest BCUT2D eigenvalue weighted by atomic mass is 10.2. The number of hydrogen-bond donors (Lipinski definition) is 2. The Balaban J connectivity index is 2.54. The maximum atomic E-state index is 11.1. The van der Waals surface area contributed by atoms with E-state index in [-0.39, 0.29) is 5.11 Å². The highest BCUT2D eigenvalue weighted by molar-refractivity contribution is 7.80. The summed E-state index contributed by atoms with van der Waals surface area (Å²) in [6.45, 7) is 0. The number of carbonyl (C=O) groups is 1. The summed E-state index contributed by atoms with van der Waals surface area (Å²) in [6, 6.07) is 8.53. The largest absolute Gasteiger partial charge is 0.374 e. The van der Waals surface area contributed by atoms with E-state index in [0.29, 0.717) is 5.56 Å². The van der Waals surface area contributed by atoms with Gasteiger partial charge in [-0.2, -0.15) is 5.48 Å². The van der Waals surface area contributed by atoms with Crippen molar-refractivity contribution in [3.63, 3.8) is 0 Å². The Bertz CT molecular complexity index is 313. The van der Waals surface area contributed by atoms with Gasteiger partial charge >= 0.3 is 5.97 Å². The fourth-order valence-electron chi connectivity index (χ4n) is 0.730. The van der Waals surface area contributed by atoms with Crippen molar-refractivity contribution in [3.05, 3.63) is 35.9 Å². The number of hydrogen-bond acceptors (Lipinski definition) is 3. The second-order valence-electron chi connectivity index (χ2n) is 2.22. The quantitative estimate of drug-likeness (QED) is 0.508. The van der Waals surface area contributed by atoms with Crippen molar-refractivity contribution in [2.75, 3.05) is 0 Å². The lowest BCUT2D eigenvalue weighted by molar-refractivity contribution is 0.0388. The molecule has 68 valence electrons. The number of thiocarbonyl (C=S) groups is 1. The molecule has 0 radical (unpaired) electrons. The number of hydroxylamine groups is 1. The van der Waals surface area contributed by atoms with Gasteiger partial charge in [-0.15, -0.1) is 0 Å². The van der Waals surface area contributed by atoms with Crippen LogP contribution in [0.4, 0.5) is 0 Å². The molecular weight excluding hydrogens is 188 g/mol. The van der Waals surface area contributed by atoms with Crippen molar-refractivity contribution in [2.24, 2.45) is 5.73 Å². The normalized spacial score (nSPS) is 8.92. The van der Waals surface area contributed by atoms with Gasteiger partial charge in [0.2, 0.25) is 0 Å². The van der Waals surface area contributed by atoms with Crippen molar-refractivity contribution in [2.45, 2.75) is 0 Å². The number of rotatable bonds is 1. The van der Waals surface area contributed by atoms with Gasteiger partial charge in [0.15, 0.2) is 5.11 Å². The Morgan fingerprint density at radius 1 is 1.38 bits per heavy atom. The van der Waals surface area contributed by atoms with E-state index in [1.54, 1.807) is 30.3 Å². The lowest BCUT2D eigenvalue weighted by Gasteiger charge is -2.03. The van der Waals surface area contributed by atoms with E-state index < -0.39 is 5.97 Å². The summed E-state index contributed by atoms with van der Waals surface area (Å²) >= 11 is 4.45. The first-order chi connectivity index (χ1) is 6.20. The molecule has 1 aromatic rings. The summed E-state index contributed by atoms with van der Waals surface area (Å²) in [5.41, 5.74) is 7.60. The third-order valence-electron chi connectivity index (χ3n) is 1.25. The van der Waals surface area contributed by atoms with Crippen LogP contribution < -0.4 is 11.2 Å². The van der Waals surface area contributed by atoms with Gasteiger partial charge in [0.1, 0.15) is 0 Å². The van der Waals surface area contributed by atoms with E-state index in [2.05, 4.69) is 22.5 Å². The monoisotopic (exact) mass is 196 g/mol. The van der Waals surface area contributed by atoms with Gasteiger partial charge in [-0.3, -0.25) is 0 Å². The predicted octanol–water partition coefficient (Wildman–Crippen LogP) is 0.592. The van der Waals surface area contributed by atoms with Crippen molar-refractivity contribution in [1.29, 1.82) is 0 Å². The standard InChI is InChI=1S/C8H8N2O2S/c9-8(13)10-12-7(11)6-4-2-1-3-5-6/h1-5H,(H3,9,10,13). The molecule has 0 aromatic heterocycles. The Hall–Kier alpha value is -1.62. The van der Waals surface area contributed by atoms with Gasteiger partial charge in [0.05, 0.1) is 5.56 Å². The van der Waals surface area contributed by atoms with Gasteiger partial charge in [-0.05, 0) is 24.4 Å². The van der Waals surface area contributed by atoms with E-state index in [1.807, 2.05) is 0 Å². The van der Waals surface area contributed by atoms with E-state index in [4.69, 9.17) is 5.73 Å². The molecule has 4 nitrogen and oxygen atoms in total. The average Bonchev–Trinajstić information content (AvgIpc) is 2.15. The molecule has 1 rings (SSSR count). The Morgan fingerprint density at radius 3 is 2.54 bits per heavy atom. The topological polar surface area (TPSA) is 64.3 Å². The van der Waals surface area contributed by atoms with Gasteiger partial charge in [-0.25, -0.2) is 4.79 Å². The van der Waals surface area contributed by atoms with Crippen molar-refractivity contribution in [1.82, 2.24) is 5.48 Å². The Morgan fingerprint density at radius 2 is 2.00 bits per heavy atom. The highest BCUT2D eigenvalue weighted by Gasteiger charge is 2.05. The summed E-state index contributed by atoms with van der Waals surface area (Å²) in [5.74, 6) is -0.520. The third-order valence-corrected chi connectivity index (χ3v) is 1.34. The second kappa shape index (κ2) is 4.42. The summed E-state index contributed by atoms with van der Waals surface area (Å²) in [7, 11) is 0. The first kappa shape index (κ1) is 9.47. The molecule has 0 unspecified atom stereocenters. The molecule has 3 N–H and O–H groups in total. The molecule has 5 heteroatoms. The molecule has 0 spiro atoms. The van der Waals surface area contributed by atoms with Crippen LogP contribution in [-0.2, 0) is 4.84 Å². The zero-order chi connectivity index (χ0) is 9.68. The molecule has 13 heavy (non-hydrogen) atoms. The van der Waals surface area contributed by atoms with Crippen molar-refractivity contribution >= 4 is 23.3 Å². The average molecular weight is 196 g/mol. The predicted molar refractivity (Wildman–Crippen MR) is 51.8 cm³/mol. The van der Waals surface area contributed by atoms with Crippen LogP contribution in [0.3, 0.4) is 0 Å². The first-order valence-electron chi connectivity index (χ1n) is 3.52. The van der Waals surface area contributed by atoms with Crippen LogP contribution in [0.25, 0.3) is 0 Å². The first-order valence-corrected chi connectivity index (χ1v) is 3.92. The van der Waals surface area contributed by atoms with E-state index >= 15 is 0 Å². The molecular formula is C8H8N2O2S. The molecule has 0 saturated carbocycles. The fraction of sp³-hybridized carbons (Fsp3) is 0. The Kier molecular flexibility index (Phi) is 3.22. The fourth-order valence-corrected chi connectivity index (χ4v) is 0.771. The highest BCUT2D eigenvalue weighted by atomic mass is 32.1. The summed E-state index contributed by atoms with van der Waals surface area (Å²) in [5, 5.41) is -0.0794. The third kappa shape index (κ3) is 3.08. The smallest absolute Gasteiger partial charge is 0.362 e. The summed E-state index contributed by atoms with van der Waals surface area (Å²) in [4.78, 5) is 15.7. The zero-order valence-corrected chi connectivity index (χ0v) is 7.51. The van der Waals surface area contributed by atoms with Crippen LogP contribution in [0, 0.1) is 0 Å². The van der Waals surface area contributed by atoms with Crippen molar-refractivity contribution < 1.29 is 9.63 Å². The van der Waals surface area contributed by atoms with Gasteiger partial charge in [0.25, 0.3) is 0 Å². The minimum Gasteiger partial charge on any atom is -0.374 e. The maximum Gasteiger partial charge on any atom is 0.362 e. The van der Waals surface area contributed by atoms with Crippen LogP contribution >= 0.6 is 12.2 Å². The molecule has 0 atom stereocenters. The van der Waals surface area contributed by atoms with Crippen LogP contribution in [0.15, 0.2) is 30.3 Å². The number of carbonyl (C=O) groups excluding carboxylic acids is 1. The maximum absolute atomic E-state index is 11.1. The molecule has 0 aliphatic rings. The van der Waals surface area contributed by atoms with Gasteiger partial charge in [0, 0.05) is 0 Å². The SMILES string of the molecule is NC(=S)NOC(=O)c1ccccc1. The minimum absolute atomic E-state index is 0.0794. The van der Waals surface area contributed by atoms with E-state index in [0.717, 1.165) is 0 Å². The van der Waals surface area contributed by atoms with Crippen molar-refractivity contribution in [3.8, 4) is 0 Å². The van der Waals surface area contributed by atoms with Crippen LogP contribution in [-0.4, -0.2) is 11.1 Å². The molecule has 0 amide bonds. The summed E-state index contributed by atoms with van der Waals surface area (Å²) < 4.78 is 0. The second-order valence-corrected chi connectivity index (χ2v) is 2.66. The lowest BCUT2D eigenvalue weighted by Crippen LogP contribution is -2.31. The van der Waals surface area contributed by atoms with E-state index in [9.17, 15) is 4.79 Å². The molecule has 0 heterocycles. The molecule has 0 saturated heterocycles. The zero-order valence-electron chi connectivity index (χ0n) is 6.69. The number of nitrogens with two attached hydrogens (primary N) is 1. The number of nitrogens with one attached hydrogen (secondary N) is 1. The minimum atomic E-state index is -0.520. The van der Waals surface area contributed by atoms with Gasteiger partial charge in [-0.1, -0.05) is 18.2 Å². The highest BCUT2D eigenvalue weighted by Crippen LogP contribution is 1.99. The van der Waals surface area contributed by atoms with Gasteiger partial charge < -0.3 is 10.6 Å². The molecule has 0 aliphatic carbocycles. The number of benzene rings is 1. The van der Waals surface area contributed by atoms with Crippen LogP contribution in [0.1, 0.15) is 10.4 Å². The Labute approximate surface area is 80.6 Å². The molecule has 0 bridgehead atoms.